The second kappa shape index (κ2) is 14.7. The molecular weight excluding hydrogens is 476 g/mol. The van der Waals surface area contributed by atoms with Gasteiger partial charge in [-0.05, 0) is 61.8 Å². The van der Waals surface area contributed by atoms with Crippen LogP contribution in [-0.4, -0.2) is 63.4 Å². The first-order valence-electron chi connectivity index (χ1n) is 14.0. The van der Waals surface area contributed by atoms with E-state index in [9.17, 15) is 9.90 Å². The van der Waals surface area contributed by atoms with Crippen LogP contribution in [0.4, 0.5) is 0 Å². The normalized spacial score (nSPS) is 15.6. The number of carbonyl (C=O) groups excluding carboxylic acids is 1. The van der Waals surface area contributed by atoms with E-state index < -0.39 is 0 Å². The van der Waals surface area contributed by atoms with Gasteiger partial charge in [0.25, 0.3) is 0 Å². The van der Waals surface area contributed by atoms with Gasteiger partial charge in [0.05, 0.1) is 6.61 Å². The van der Waals surface area contributed by atoms with Gasteiger partial charge in [0.15, 0.2) is 0 Å². The monoisotopic (exact) mass is 518 g/mol. The van der Waals surface area contributed by atoms with Crippen LogP contribution in [0.3, 0.4) is 0 Å². The van der Waals surface area contributed by atoms with Gasteiger partial charge in [-0.15, -0.1) is 0 Å². The Labute approximate surface area is 227 Å². The maximum atomic E-state index is 13.3. The third-order valence-corrected chi connectivity index (χ3v) is 7.28. The summed E-state index contributed by atoms with van der Waals surface area (Å²) in [5.74, 6) is 1.16. The molecule has 1 amide bonds. The second-order valence-corrected chi connectivity index (χ2v) is 10.2. The smallest absolute Gasteiger partial charge is 0.223 e. The van der Waals surface area contributed by atoms with E-state index in [1.54, 1.807) is 6.20 Å². The minimum Gasteiger partial charge on any atom is -0.493 e. The van der Waals surface area contributed by atoms with Crippen LogP contribution < -0.4 is 4.74 Å². The Bertz CT molecular complexity index is 1130. The number of aliphatic hydroxyl groups excluding tert-OH is 1. The van der Waals surface area contributed by atoms with Crippen molar-refractivity contribution in [1.29, 1.82) is 0 Å². The standard InChI is InChI=1S/C31H42N4O3/c1-33-29(16-17-32-33)13-15-31(37)35-18-6-3-7-22-38-30-14-12-26(11-8-21-36)23-28(30)25-34(19-20-35)24-27-9-4-2-5-10-27/h2,4-5,9-10,12,14,16-17,23,36H,3,6-8,11,13,15,18-22,24-25H2,1H3. The van der Waals surface area contributed by atoms with Crippen molar-refractivity contribution in [3.63, 3.8) is 0 Å². The number of nitrogens with zero attached hydrogens (tertiary/aromatic N) is 4. The van der Waals surface area contributed by atoms with Crippen LogP contribution >= 0.6 is 0 Å². The van der Waals surface area contributed by atoms with Crippen LogP contribution in [0.25, 0.3) is 0 Å². The molecule has 0 unspecified atom stereocenters. The minimum absolute atomic E-state index is 0.193. The Kier molecular flexibility index (Phi) is 10.8. The SMILES string of the molecule is Cn1nccc1CCC(=O)N1CCCCCOc2ccc(CCCO)cc2CN(Cc2ccccc2)CC1. The minimum atomic E-state index is 0.193. The molecule has 0 spiro atoms. The highest BCUT2D eigenvalue weighted by atomic mass is 16.5. The molecule has 204 valence electrons. The summed E-state index contributed by atoms with van der Waals surface area (Å²) in [6.07, 6.45) is 7.57. The summed E-state index contributed by atoms with van der Waals surface area (Å²) in [6, 6.07) is 19.0. The van der Waals surface area contributed by atoms with Gasteiger partial charge in [-0.2, -0.15) is 5.10 Å². The zero-order valence-electron chi connectivity index (χ0n) is 22.7. The van der Waals surface area contributed by atoms with E-state index in [1.807, 2.05) is 23.9 Å². The summed E-state index contributed by atoms with van der Waals surface area (Å²) in [6.45, 7) is 4.69. The summed E-state index contributed by atoms with van der Waals surface area (Å²) in [5.41, 5.74) is 4.73. The zero-order valence-corrected chi connectivity index (χ0v) is 22.7. The highest BCUT2D eigenvalue weighted by molar-refractivity contribution is 5.76. The molecule has 0 bridgehead atoms. The zero-order chi connectivity index (χ0) is 26.6. The average molecular weight is 519 g/mol. The number of rotatable bonds is 8. The van der Waals surface area contributed by atoms with Crippen LogP contribution in [0.5, 0.6) is 5.75 Å². The van der Waals surface area contributed by atoms with Crippen molar-refractivity contribution in [2.75, 3.05) is 32.8 Å². The van der Waals surface area contributed by atoms with Crippen molar-refractivity contribution in [1.82, 2.24) is 19.6 Å². The molecule has 0 atom stereocenters. The lowest BCUT2D eigenvalue weighted by molar-refractivity contribution is -0.131. The van der Waals surface area contributed by atoms with Gasteiger partial charge in [0.1, 0.15) is 5.75 Å². The Morgan fingerprint density at radius 3 is 2.63 bits per heavy atom. The fourth-order valence-corrected chi connectivity index (χ4v) is 5.06. The third-order valence-electron chi connectivity index (χ3n) is 7.28. The fraction of sp³-hybridized carbons (Fsp3) is 0.484. The van der Waals surface area contributed by atoms with E-state index in [-0.39, 0.29) is 12.5 Å². The first-order chi connectivity index (χ1) is 18.6. The Morgan fingerprint density at radius 1 is 0.974 bits per heavy atom. The molecule has 38 heavy (non-hydrogen) atoms. The number of hydrogen-bond donors (Lipinski definition) is 1. The van der Waals surface area contributed by atoms with Crippen LogP contribution in [0.15, 0.2) is 60.8 Å². The summed E-state index contributed by atoms with van der Waals surface area (Å²) in [4.78, 5) is 17.8. The fourth-order valence-electron chi connectivity index (χ4n) is 5.06. The van der Waals surface area contributed by atoms with E-state index in [2.05, 4.69) is 57.4 Å². The highest BCUT2D eigenvalue weighted by Crippen LogP contribution is 2.25. The van der Waals surface area contributed by atoms with Gasteiger partial charge < -0.3 is 14.7 Å². The van der Waals surface area contributed by atoms with Gasteiger partial charge in [-0.25, -0.2) is 0 Å². The lowest BCUT2D eigenvalue weighted by atomic mass is 10.0. The van der Waals surface area contributed by atoms with Crippen molar-refractivity contribution in [3.05, 3.63) is 83.2 Å². The largest absolute Gasteiger partial charge is 0.493 e. The van der Waals surface area contributed by atoms with Crippen LogP contribution in [0.2, 0.25) is 0 Å². The molecule has 7 nitrogen and oxygen atoms in total. The Morgan fingerprint density at radius 2 is 1.84 bits per heavy atom. The summed E-state index contributed by atoms with van der Waals surface area (Å²) >= 11 is 0. The summed E-state index contributed by atoms with van der Waals surface area (Å²) in [5, 5.41) is 13.6. The average Bonchev–Trinajstić information content (AvgIpc) is 3.35. The number of hydrogen-bond acceptors (Lipinski definition) is 5. The molecule has 1 N–H and O–H groups in total. The maximum absolute atomic E-state index is 13.3. The molecule has 2 heterocycles. The number of ether oxygens (including phenoxy) is 1. The molecular formula is C31H42N4O3. The highest BCUT2D eigenvalue weighted by Gasteiger charge is 2.18. The molecule has 3 aromatic rings. The molecule has 0 saturated carbocycles. The van der Waals surface area contributed by atoms with Gasteiger partial charge in [0.2, 0.25) is 5.91 Å². The molecule has 1 aliphatic heterocycles. The van der Waals surface area contributed by atoms with Crippen molar-refractivity contribution in [2.24, 2.45) is 7.05 Å². The number of fused-ring (bicyclic) bond motifs is 1. The molecule has 2 aromatic carbocycles. The van der Waals surface area contributed by atoms with Crippen molar-refractivity contribution >= 4 is 5.91 Å². The number of aliphatic hydroxyl groups is 1. The predicted molar refractivity (Wildman–Crippen MR) is 150 cm³/mol. The number of aryl methyl sites for hydroxylation is 3. The molecule has 0 aliphatic carbocycles. The van der Waals surface area contributed by atoms with Crippen molar-refractivity contribution < 1.29 is 14.6 Å². The number of aromatic nitrogens is 2. The van der Waals surface area contributed by atoms with Crippen LogP contribution in [0, 0.1) is 0 Å². The topological polar surface area (TPSA) is 70.8 Å². The Hall–Kier alpha value is -3.16. The van der Waals surface area contributed by atoms with Crippen LogP contribution in [-0.2, 0) is 37.8 Å². The van der Waals surface area contributed by atoms with E-state index in [0.29, 0.717) is 26.0 Å². The van der Waals surface area contributed by atoms with Crippen molar-refractivity contribution in [2.45, 2.75) is 58.0 Å². The number of amides is 1. The third kappa shape index (κ3) is 8.43. The summed E-state index contributed by atoms with van der Waals surface area (Å²) < 4.78 is 8.11. The number of benzene rings is 2. The van der Waals surface area contributed by atoms with Gasteiger partial charge in [-0.1, -0.05) is 42.5 Å². The quantitative estimate of drug-likeness (QED) is 0.480. The van der Waals surface area contributed by atoms with E-state index in [4.69, 9.17) is 4.74 Å². The number of carbonyl (C=O) groups is 1. The van der Waals surface area contributed by atoms with E-state index >= 15 is 0 Å². The predicted octanol–water partition coefficient (Wildman–Crippen LogP) is 4.37. The molecule has 0 fully saturated rings. The lowest BCUT2D eigenvalue weighted by Crippen LogP contribution is -2.39. The second-order valence-electron chi connectivity index (χ2n) is 10.2. The molecule has 1 aliphatic rings. The maximum Gasteiger partial charge on any atom is 0.223 e. The molecule has 4 rings (SSSR count). The lowest BCUT2D eigenvalue weighted by Gasteiger charge is -2.28. The van der Waals surface area contributed by atoms with Gasteiger partial charge in [-0.3, -0.25) is 14.4 Å². The van der Waals surface area contributed by atoms with E-state index in [1.165, 1.54) is 16.7 Å². The van der Waals surface area contributed by atoms with Crippen molar-refractivity contribution in [3.8, 4) is 5.75 Å². The summed E-state index contributed by atoms with van der Waals surface area (Å²) in [7, 11) is 1.93. The molecule has 1 aromatic heterocycles. The Balaban J connectivity index is 1.52. The van der Waals surface area contributed by atoms with E-state index in [0.717, 1.165) is 69.7 Å². The molecule has 0 saturated heterocycles. The van der Waals surface area contributed by atoms with Crippen LogP contribution in [0.1, 0.15) is 54.5 Å². The first-order valence-corrected chi connectivity index (χ1v) is 14.0. The van der Waals surface area contributed by atoms with Gasteiger partial charge in [0, 0.05) is 70.3 Å². The molecule has 0 radical (unpaired) electrons. The molecule has 7 heteroatoms. The van der Waals surface area contributed by atoms with Gasteiger partial charge >= 0.3 is 0 Å². The first kappa shape index (κ1) is 27.9.